The van der Waals surface area contributed by atoms with E-state index in [1.807, 2.05) is 48.5 Å². The smallest absolute Gasteiger partial charge is 0.497 e. The van der Waals surface area contributed by atoms with Crippen molar-refractivity contribution in [2.45, 2.75) is 38.8 Å². The van der Waals surface area contributed by atoms with Crippen molar-refractivity contribution in [2.24, 2.45) is 0 Å². The van der Waals surface area contributed by atoms with Gasteiger partial charge in [0.1, 0.15) is 36.8 Å². The van der Waals surface area contributed by atoms with Gasteiger partial charge in [0.15, 0.2) is 11.5 Å². The van der Waals surface area contributed by atoms with Gasteiger partial charge < -0.3 is 29.2 Å². The summed E-state index contributed by atoms with van der Waals surface area (Å²) in [6, 6.07) is 13.9. The molecule has 0 aliphatic carbocycles. The van der Waals surface area contributed by atoms with Gasteiger partial charge in [-0.05, 0) is 47.9 Å². The number of hydroxylamine groups is 2. The molecule has 2 aromatic carbocycles. The van der Waals surface area contributed by atoms with Crippen LogP contribution in [0.25, 0.3) is 0 Å². The third-order valence-corrected chi connectivity index (χ3v) is 7.60. The number of pyridine rings is 1. The normalized spacial score (nSPS) is 17.1. The molecule has 16 heteroatoms. The summed E-state index contributed by atoms with van der Waals surface area (Å²) in [5, 5.41) is 3.32. The van der Waals surface area contributed by atoms with Crippen molar-refractivity contribution in [1.29, 1.82) is 0 Å². The molecule has 5 rings (SSSR count). The predicted octanol–water partition coefficient (Wildman–Crippen LogP) is 0.159. The van der Waals surface area contributed by atoms with E-state index in [4.69, 9.17) is 23.5 Å². The average Bonchev–Trinajstić information content (AvgIpc) is 3.30. The number of methoxy groups -OCH3 is 2. The molecule has 2 bridgehead atoms. The monoisotopic (exact) mass is 664 g/mol. The molecule has 0 spiro atoms. The Bertz CT molecular complexity index is 1690. The van der Waals surface area contributed by atoms with Crippen LogP contribution in [0, 0.1) is 0 Å². The molecule has 2 aliphatic rings. The quantitative estimate of drug-likeness (QED) is 0.145. The third-order valence-electron chi connectivity index (χ3n) is 7.25. The maximum Gasteiger partial charge on any atom is 1.00 e. The molecule has 238 valence electrons. The molecule has 0 saturated carbocycles. The topological polar surface area (TPSA) is 166 Å². The number of amides is 3. The molecule has 2 atom stereocenters. The Morgan fingerprint density at radius 1 is 1.00 bits per heavy atom. The minimum absolute atomic E-state index is 0. The molecule has 0 radical (unpaired) electrons. The average molecular weight is 665 g/mol. The van der Waals surface area contributed by atoms with Crippen molar-refractivity contribution in [2.75, 3.05) is 20.8 Å². The number of rotatable bonds is 13. The van der Waals surface area contributed by atoms with E-state index in [2.05, 4.69) is 14.6 Å². The van der Waals surface area contributed by atoms with Crippen LogP contribution in [-0.2, 0) is 39.2 Å². The van der Waals surface area contributed by atoms with Gasteiger partial charge in [0.2, 0.25) is 5.91 Å². The first-order valence-corrected chi connectivity index (χ1v) is 15.1. The van der Waals surface area contributed by atoms with E-state index in [-0.39, 0.29) is 57.3 Å². The summed E-state index contributed by atoms with van der Waals surface area (Å²) in [5.74, 6) is 1.73. The fourth-order valence-corrected chi connectivity index (χ4v) is 5.21. The summed E-state index contributed by atoms with van der Waals surface area (Å²) in [6.45, 7) is 2.12. The fourth-order valence-electron chi connectivity index (χ4n) is 4.84. The van der Waals surface area contributed by atoms with Crippen molar-refractivity contribution in [3.05, 3.63) is 89.3 Å². The summed E-state index contributed by atoms with van der Waals surface area (Å²) in [7, 11) is -1.75. The molecule has 3 amide bonds. The summed E-state index contributed by atoms with van der Waals surface area (Å²) < 4.78 is 58.6. The standard InChI is InChI=1S/C30H32N4O10S.Na/c1-19-12-25(33-16-26(19)34(30(33)36)44-45(37,38)39)29(35)32-14-22-13-27(42-17-20-4-8-23(40-2)9-5-20)28(15-31-22)43-18-21-6-10-24(41-3)11-7-21;/h4-13,15,25-26H,14,16-18H2,1-3H3,(H,32,35)(H,37,38,39);/q;+1/p+1/t25-,26-;/m0./s1. The number of hydrogen-bond acceptors (Lipinski definition) is 10. The van der Waals surface area contributed by atoms with Crippen LogP contribution in [0.15, 0.2) is 72.4 Å². The minimum atomic E-state index is -4.93. The van der Waals surface area contributed by atoms with Crippen LogP contribution in [0.1, 0.15) is 25.2 Å². The van der Waals surface area contributed by atoms with E-state index < -0.39 is 34.4 Å². The Hall–Kier alpha value is -3.86. The summed E-state index contributed by atoms with van der Waals surface area (Å²) in [6.07, 6.45) is 3.06. The van der Waals surface area contributed by atoms with Crippen molar-refractivity contribution in [3.8, 4) is 23.0 Å². The van der Waals surface area contributed by atoms with Crippen LogP contribution in [0.2, 0.25) is 0 Å². The van der Waals surface area contributed by atoms with Gasteiger partial charge in [-0.15, -0.1) is 4.28 Å². The largest absolute Gasteiger partial charge is 1.00 e. The second kappa shape index (κ2) is 15.2. The van der Waals surface area contributed by atoms with Gasteiger partial charge in [0.05, 0.1) is 39.2 Å². The number of nitrogens with one attached hydrogen (secondary N) is 1. The Kier molecular flexibility index (Phi) is 11.5. The van der Waals surface area contributed by atoms with Gasteiger partial charge in [-0.1, -0.05) is 30.3 Å². The zero-order chi connectivity index (χ0) is 32.1. The molecule has 1 saturated heterocycles. The number of hydrogen-bond donors (Lipinski definition) is 2. The maximum atomic E-state index is 13.2. The van der Waals surface area contributed by atoms with Crippen LogP contribution in [-0.4, -0.2) is 72.7 Å². The first-order chi connectivity index (χ1) is 21.5. The van der Waals surface area contributed by atoms with Crippen LogP contribution in [0.3, 0.4) is 0 Å². The number of fused-ring (bicyclic) bond motifs is 2. The molecule has 3 heterocycles. The molecule has 2 N–H and O–H groups in total. The van der Waals surface area contributed by atoms with E-state index in [0.29, 0.717) is 27.8 Å². The van der Waals surface area contributed by atoms with E-state index in [0.717, 1.165) is 27.5 Å². The Morgan fingerprint density at radius 3 is 2.11 bits per heavy atom. The number of carbonyl (C=O) groups is 2. The van der Waals surface area contributed by atoms with Crippen LogP contribution < -0.4 is 53.8 Å². The number of carbonyl (C=O) groups excluding carboxylic acids is 2. The second-order valence-corrected chi connectivity index (χ2v) is 11.3. The van der Waals surface area contributed by atoms with E-state index in [1.54, 1.807) is 33.3 Å². The number of benzene rings is 2. The Morgan fingerprint density at radius 2 is 1.57 bits per heavy atom. The van der Waals surface area contributed by atoms with Gasteiger partial charge in [-0.3, -0.25) is 14.3 Å². The van der Waals surface area contributed by atoms with Crippen LogP contribution in [0.4, 0.5) is 4.79 Å². The molecule has 2 aliphatic heterocycles. The molecular formula is C30H33N4NaO10S+2. The molecular weight excluding hydrogens is 631 g/mol. The minimum Gasteiger partial charge on any atom is -0.497 e. The maximum absolute atomic E-state index is 13.2. The Balaban J connectivity index is 0.00000300. The van der Waals surface area contributed by atoms with Gasteiger partial charge >= 0.3 is 47.4 Å². The van der Waals surface area contributed by atoms with Crippen molar-refractivity contribution < 1.29 is 76.8 Å². The predicted molar refractivity (Wildman–Crippen MR) is 160 cm³/mol. The summed E-state index contributed by atoms with van der Waals surface area (Å²) in [5.41, 5.74) is 2.79. The van der Waals surface area contributed by atoms with Gasteiger partial charge in [0.25, 0.3) is 0 Å². The molecule has 46 heavy (non-hydrogen) atoms. The fraction of sp³-hybridized carbons (Fsp3) is 0.300. The molecule has 1 fully saturated rings. The van der Waals surface area contributed by atoms with Crippen LogP contribution in [0.5, 0.6) is 23.0 Å². The molecule has 1 aromatic heterocycles. The summed E-state index contributed by atoms with van der Waals surface area (Å²) >= 11 is 0. The number of ether oxygens (including phenoxy) is 4. The second-order valence-electron chi connectivity index (χ2n) is 10.2. The van der Waals surface area contributed by atoms with E-state index in [1.165, 1.54) is 6.20 Å². The molecule has 0 unspecified atom stereocenters. The number of aromatic nitrogens is 1. The first kappa shape index (κ1) is 35.0. The van der Waals surface area contributed by atoms with Crippen molar-refractivity contribution in [1.82, 2.24) is 20.3 Å². The van der Waals surface area contributed by atoms with Crippen molar-refractivity contribution in [3.63, 3.8) is 0 Å². The van der Waals surface area contributed by atoms with Gasteiger partial charge in [0, 0.05) is 6.07 Å². The first-order valence-electron chi connectivity index (χ1n) is 13.8. The Labute approximate surface area is 289 Å². The van der Waals surface area contributed by atoms with Crippen LogP contribution >= 0.6 is 0 Å². The number of nitrogens with zero attached hydrogens (tertiary/aromatic N) is 3. The zero-order valence-corrected chi connectivity index (χ0v) is 28.5. The molecule has 3 aromatic rings. The molecule has 14 nitrogen and oxygen atoms in total. The number of urea groups is 1. The van der Waals surface area contributed by atoms with Gasteiger partial charge in [-0.25, -0.2) is 4.79 Å². The third kappa shape index (κ3) is 8.48. The zero-order valence-electron chi connectivity index (χ0n) is 26.7. The van der Waals surface area contributed by atoms with E-state index >= 15 is 0 Å². The summed E-state index contributed by atoms with van der Waals surface area (Å²) in [4.78, 5) is 31.6. The van der Waals surface area contributed by atoms with Crippen molar-refractivity contribution >= 4 is 22.3 Å². The van der Waals surface area contributed by atoms with Gasteiger partial charge in [-0.2, -0.15) is 13.5 Å². The SMILES string of the molecule is COc1ccc(COc2cnc(CNC(=O)[C@@H]3C=C(C)[C@@H]4CN3C(=O)N4OS(=O)(=O)O)cc2OCc2ccc(OC)cc2)cc1.[H+].[Na+]. The van der Waals surface area contributed by atoms with E-state index in [9.17, 15) is 18.0 Å².